The first kappa shape index (κ1) is 18.2. The van der Waals surface area contributed by atoms with Crippen molar-refractivity contribution < 1.29 is 19.1 Å². The van der Waals surface area contributed by atoms with Crippen molar-refractivity contribution in [1.82, 2.24) is 5.32 Å². The summed E-state index contributed by atoms with van der Waals surface area (Å²) in [6.45, 7) is 0.335. The van der Waals surface area contributed by atoms with Gasteiger partial charge in [-0.15, -0.1) is 22.7 Å². The number of ether oxygens (including phenoxy) is 2. The summed E-state index contributed by atoms with van der Waals surface area (Å²) in [6.07, 6.45) is 0. The van der Waals surface area contributed by atoms with Gasteiger partial charge in [0.1, 0.15) is 0 Å². The summed E-state index contributed by atoms with van der Waals surface area (Å²) in [4.78, 5) is 27.1. The number of carbonyl (C=O) groups is 2. The third-order valence-electron chi connectivity index (χ3n) is 3.70. The summed E-state index contributed by atoms with van der Waals surface area (Å²) in [6, 6.07) is 12.5. The lowest BCUT2D eigenvalue weighted by Crippen LogP contribution is -2.23. The van der Waals surface area contributed by atoms with Crippen LogP contribution in [0, 0.1) is 0 Å². The summed E-state index contributed by atoms with van der Waals surface area (Å²) < 4.78 is 10.5. The maximum absolute atomic E-state index is 12.5. The van der Waals surface area contributed by atoms with Crippen molar-refractivity contribution in [2.45, 2.75) is 6.54 Å². The van der Waals surface area contributed by atoms with Gasteiger partial charge < -0.3 is 14.8 Å². The Labute approximate surface area is 159 Å². The van der Waals surface area contributed by atoms with Gasteiger partial charge in [0.15, 0.2) is 11.5 Å². The van der Waals surface area contributed by atoms with Crippen molar-refractivity contribution in [2.75, 3.05) is 14.2 Å². The van der Waals surface area contributed by atoms with Gasteiger partial charge in [-0.05, 0) is 35.7 Å². The highest BCUT2D eigenvalue weighted by molar-refractivity contribution is 7.16. The number of methoxy groups -OCH3 is 2. The van der Waals surface area contributed by atoms with Gasteiger partial charge in [-0.1, -0.05) is 12.1 Å². The average molecular weight is 387 g/mol. The maximum atomic E-state index is 12.5. The van der Waals surface area contributed by atoms with Crippen molar-refractivity contribution in [1.29, 1.82) is 0 Å². The first-order valence-corrected chi connectivity index (χ1v) is 9.49. The molecule has 3 aromatic rings. The van der Waals surface area contributed by atoms with Crippen LogP contribution in [0.3, 0.4) is 0 Å². The van der Waals surface area contributed by atoms with Crippen molar-refractivity contribution in [2.24, 2.45) is 0 Å². The standard InChI is InChI=1S/C19H17NO4S2/c1-23-14-6-3-5-13(18(14)24-2)19(22)20-11-12-8-9-16(26-12)17(21)15-7-4-10-25-15/h3-10H,11H2,1-2H3,(H,20,22). The number of rotatable bonds is 7. The Morgan fingerprint density at radius 2 is 1.85 bits per heavy atom. The molecular weight excluding hydrogens is 370 g/mol. The fraction of sp³-hybridized carbons (Fsp3) is 0.158. The predicted molar refractivity (Wildman–Crippen MR) is 103 cm³/mol. The fourth-order valence-electron chi connectivity index (χ4n) is 2.45. The lowest BCUT2D eigenvalue weighted by Gasteiger charge is -2.12. The lowest BCUT2D eigenvalue weighted by molar-refractivity contribution is 0.0947. The monoisotopic (exact) mass is 387 g/mol. The number of hydrogen-bond donors (Lipinski definition) is 1. The molecule has 0 saturated heterocycles. The number of thiophene rings is 2. The van der Waals surface area contributed by atoms with E-state index in [0.29, 0.717) is 33.4 Å². The molecule has 0 radical (unpaired) electrons. The molecule has 0 aliphatic heterocycles. The molecule has 134 valence electrons. The van der Waals surface area contributed by atoms with Crippen LogP contribution in [0.25, 0.3) is 0 Å². The molecule has 1 amide bonds. The first-order valence-electron chi connectivity index (χ1n) is 7.80. The summed E-state index contributed by atoms with van der Waals surface area (Å²) in [5, 5.41) is 4.73. The molecule has 3 rings (SSSR count). The number of nitrogens with one attached hydrogen (secondary N) is 1. The number of carbonyl (C=O) groups excluding carboxylic acids is 2. The van der Waals surface area contributed by atoms with Crippen LogP contribution in [0.4, 0.5) is 0 Å². The largest absolute Gasteiger partial charge is 0.493 e. The molecule has 0 saturated carbocycles. The van der Waals surface area contributed by atoms with Gasteiger partial charge >= 0.3 is 0 Å². The molecule has 0 aliphatic carbocycles. The van der Waals surface area contributed by atoms with E-state index < -0.39 is 0 Å². The van der Waals surface area contributed by atoms with E-state index in [-0.39, 0.29) is 11.7 Å². The van der Waals surface area contributed by atoms with E-state index in [1.807, 2.05) is 23.6 Å². The van der Waals surface area contributed by atoms with Crippen molar-refractivity contribution in [3.8, 4) is 11.5 Å². The van der Waals surface area contributed by atoms with E-state index in [0.717, 1.165) is 4.88 Å². The van der Waals surface area contributed by atoms with Gasteiger partial charge in [0.25, 0.3) is 5.91 Å². The summed E-state index contributed by atoms with van der Waals surface area (Å²) >= 11 is 2.80. The maximum Gasteiger partial charge on any atom is 0.255 e. The molecule has 5 nitrogen and oxygen atoms in total. The summed E-state index contributed by atoms with van der Waals surface area (Å²) in [5.74, 6) is 0.643. The molecule has 0 fully saturated rings. The fourth-order valence-corrected chi connectivity index (χ4v) is 4.10. The Balaban J connectivity index is 1.68. The second-order valence-corrected chi connectivity index (χ2v) is 7.41. The van der Waals surface area contributed by atoms with E-state index in [1.165, 1.54) is 36.9 Å². The molecule has 0 unspecified atom stereocenters. The lowest BCUT2D eigenvalue weighted by atomic mass is 10.1. The van der Waals surface area contributed by atoms with E-state index in [2.05, 4.69) is 5.32 Å². The smallest absolute Gasteiger partial charge is 0.255 e. The molecule has 2 aromatic heterocycles. The zero-order valence-corrected chi connectivity index (χ0v) is 15.9. The Kier molecular flexibility index (Phi) is 5.70. The van der Waals surface area contributed by atoms with Crippen LogP contribution in [-0.4, -0.2) is 25.9 Å². The van der Waals surface area contributed by atoms with Gasteiger partial charge in [0.05, 0.1) is 36.1 Å². The predicted octanol–water partition coefficient (Wildman–Crippen LogP) is 3.99. The molecule has 2 heterocycles. The Bertz CT molecular complexity index is 916. The zero-order chi connectivity index (χ0) is 18.5. The highest BCUT2D eigenvalue weighted by Crippen LogP contribution is 2.30. The van der Waals surface area contributed by atoms with Crippen LogP contribution in [0.5, 0.6) is 11.5 Å². The van der Waals surface area contributed by atoms with E-state index in [9.17, 15) is 9.59 Å². The van der Waals surface area contributed by atoms with Gasteiger partial charge in [0.2, 0.25) is 5.78 Å². The van der Waals surface area contributed by atoms with E-state index >= 15 is 0 Å². The quantitative estimate of drug-likeness (QED) is 0.623. The molecule has 26 heavy (non-hydrogen) atoms. The molecule has 0 atom stereocenters. The van der Waals surface area contributed by atoms with Crippen molar-refractivity contribution in [3.63, 3.8) is 0 Å². The molecular formula is C19H17NO4S2. The van der Waals surface area contributed by atoms with Gasteiger partial charge in [-0.3, -0.25) is 9.59 Å². The third-order valence-corrected chi connectivity index (χ3v) is 5.65. The van der Waals surface area contributed by atoms with Crippen molar-refractivity contribution in [3.05, 3.63) is 68.0 Å². The highest BCUT2D eigenvalue weighted by atomic mass is 32.1. The first-order chi connectivity index (χ1) is 12.6. The minimum atomic E-state index is -0.264. The Morgan fingerprint density at radius 3 is 2.54 bits per heavy atom. The zero-order valence-electron chi connectivity index (χ0n) is 14.3. The number of hydrogen-bond acceptors (Lipinski definition) is 6. The van der Waals surface area contributed by atoms with E-state index in [1.54, 1.807) is 24.3 Å². The van der Waals surface area contributed by atoms with Crippen LogP contribution in [0.2, 0.25) is 0 Å². The minimum Gasteiger partial charge on any atom is -0.493 e. The summed E-state index contributed by atoms with van der Waals surface area (Å²) in [7, 11) is 3.02. The van der Waals surface area contributed by atoms with Crippen LogP contribution >= 0.6 is 22.7 Å². The van der Waals surface area contributed by atoms with Crippen molar-refractivity contribution >= 4 is 34.4 Å². The molecule has 7 heteroatoms. The normalized spacial score (nSPS) is 10.4. The topological polar surface area (TPSA) is 64.6 Å². The SMILES string of the molecule is COc1cccc(C(=O)NCc2ccc(C(=O)c3cccs3)s2)c1OC. The molecule has 1 aromatic carbocycles. The minimum absolute atomic E-state index is 0.0111. The van der Waals surface area contributed by atoms with E-state index in [4.69, 9.17) is 9.47 Å². The van der Waals surface area contributed by atoms with Gasteiger partial charge in [-0.2, -0.15) is 0 Å². The number of amides is 1. The highest BCUT2D eigenvalue weighted by Gasteiger charge is 2.17. The van der Waals surface area contributed by atoms with Crippen LogP contribution in [0.1, 0.15) is 29.8 Å². The Morgan fingerprint density at radius 1 is 1.00 bits per heavy atom. The number of para-hydroxylation sites is 1. The molecule has 0 spiro atoms. The third kappa shape index (κ3) is 3.79. The van der Waals surface area contributed by atoms with Gasteiger partial charge in [-0.25, -0.2) is 0 Å². The molecule has 0 aliphatic rings. The number of ketones is 1. The molecule has 0 bridgehead atoms. The number of benzene rings is 1. The van der Waals surface area contributed by atoms with Gasteiger partial charge in [0, 0.05) is 4.88 Å². The Hall–Kier alpha value is -2.64. The average Bonchev–Trinajstić information content (AvgIpc) is 3.36. The van der Waals surface area contributed by atoms with Crippen LogP contribution in [-0.2, 0) is 6.54 Å². The second kappa shape index (κ2) is 8.16. The summed E-state index contributed by atoms with van der Waals surface area (Å²) in [5.41, 5.74) is 0.401. The molecule has 1 N–H and O–H groups in total. The second-order valence-electron chi connectivity index (χ2n) is 5.30. The van der Waals surface area contributed by atoms with Crippen LogP contribution < -0.4 is 14.8 Å². The van der Waals surface area contributed by atoms with Crippen LogP contribution in [0.15, 0.2) is 47.8 Å².